The predicted octanol–water partition coefficient (Wildman–Crippen LogP) is 1.45. The molecule has 1 aliphatic rings. The first-order valence-corrected chi connectivity index (χ1v) is 3.87. The van der Waals surface area contributed by atoms with Crippen LogP contribution in [0.5, 0.6) is 5.75 Å². The van der Waals surface area contributed by atoms with Crippen LogP contribution in [-0.4, -0.2) is 15.1 Å². The number of hydrogen-bond acceptors (Lipinski definition) is 3. The Morgan fingerprint density at radius 3 is 2.82 bits per heavy atom. The smallest absolute Gasteiger partial charge is 0.155 e. The van der Waals surface area contributed by atoms with Crippen LogP contribution in [0.25, 0.3) is 0 Å². The van der Waals surface area contributed by atoms with Crippen molar-refractivity contribution in [1.82, 2.24) is 9.97 Å². The van der Waals surface area contributed by atoms with Crippen LogP contribution in [0, 0.1) is 0 Å². The number of hydrogen-bond donors (Lipinski definition) is 1. The summed E-state index contributed by atoms with van der Waals surface area (Å²) in [6.07, 6.45) is 6.53. The van der Waals surface area contributed by atoms with Gasteiger partial charge in [-0.2, -0.15) is 0 Å². The van der Waals surface area contributed by atoms with Crippen LogP contribution in [0.4, 0.5) is 0 Å². The molecule has 1 aromatic heterocycles. The molecule has 0 atom stereocenters. The van der Waals surface area contributed by atoms with Gasteiger partial charge in [0.25, 0.3) is 0 Å². The molecule has 1 aromatic rings. The summed E-state index contributed by atoms with van der Waals surface area (Å²) in [5, 5.41) is 9.32. The van der Waals surface area contributed by atoms with E-state index in [0.717, 1.165) is 18.5 Å². The van der Waals surface area contributed by atoms with Gasteiger partial charge in [0.05, 0.1) is 11.9 Å². The van der Waals surface area contributed by atoms with Gasteiger partial charge in [0.15, 0.2) is 5.75 Å². The van der Waals surface area contributed by atoms with Crippen molar-refractivity contribution in [3.05, 3.63) is 18.2 Å². The van der Waals surface area contributed by atoms with Crippen LogP contribution < -0.4 is 0 Å². The van der Waals surface area contributed by atoms with E-state index >= 15 is 0 Å². The zero-order valence-corrected chi connectivity index (χ0v) is 6.20. The van der Waals surface area contributed by atoms with E-state index in [4.69, 9.17) is 0 Å². The molecule has 0 unspecified atom stereocenters. The Bertz CT molecular complexity index is 258. The number of rotatable bonds is 1. The van der Waals surface area contributed by atoms with Crippen LogP contribution in [0.2, 0.25) is 0 Å². The van der Waals surface area contributed by atoms with E-state index < -0.39 is 0 Å². The summed E-state index contributed by atoms with van der Waals surface area (Å²) >= 11 is 0. The summed E-state index contributed by atoms with van der Waals surface area (Å²) in [5.74, 6) is 0.732. The van der Waals surface area contributed by atoms with Gasteiger partial charge in [-0.1, -0.05) is 6.42 Å². The predicted molar refractivity (Wildman–Crippen MR) is 40.3 cm³/mol. The highest BCUT2D eigenvalue weighted by atomic mass is 16.3. The normalized spacial score (nSPS) is 17.8. The Balaban J connectivity index is 2.28. The maximum absolute atomic E-state index is 9.32. The van der Waals surface area contributed by atoms with Crippen LogP contribution in [0.1, 0.15) is 30.9 Å². The average molecular weight is 150 g/mol. The van der Waals surface area contributed by atoms with Crippen molar-refractivity contribution in [3.63, 3.8) is 0 Å². The number of nitrogens with zero attached hydrogens (tertiary/aromatic N) is 2. The fourth-order valence-electron chi connectivity index (χ4n) is 1.33. The van der Waals surface area contributed by atoms with Gasteiger partial charge in [-0.15, -0.1) is 0 Å². The third-order valence-electron chi connectivity index (χ3n) is 2.21. The van der Waals surface area contributed by atoms with Crippen LogP contribution in [0.3, 0.4) is 0 Å². The molecule has 3 heteroatoms. The third-order valence-corrected chi connectivity index (χ3v) is 2.21. The van der Waals surface area contributed by atoms with Crippen LogP contribution in [-0.2, 0) is 0 Å². The van der Waals surface area contributed by atoms with Gasteiger partial charge in [-0.3, -0.25) is 0 Å². The van der Waals surface area contributed by atoms with E-state index in [9.17, 15) is 5.11 Å². The maximum Gasteiger partial charge on any atom is 0.155 e. The molecule has 1 N–H and O–H groups in total. The van der Waals surface area contributed by atoms with Crippen molar-refractivity contribution in [2.75, 3.05) is 0 Å². The van der Waals surface area contributed by atoms with Gasteiger partial charge in [0, 0.05) is 5.92 Å². The molecule has 1 aliphatic carbocycles. The molecular formula is C8H10N2O. The van der Waals surface area contributed by atoms with Crippen molar-refractivity contribution in [2.45, 2.75) is 25.2 Å². The Kier molecular flexibility index (Phi) is 1.49. The fourth-order valence-corrected chi connectivity index (χ4v) is 1.33. The van der Waals surface area contributed by atoms with E-state index in [-0.39, 0.29) is 5.75 Å². The molecule has 2 rings (SSSR count). The van der Waals surface area contributed by atoms with Crippen molar-refractivity contribution < 1.29 is 5.11 Å². The third kappa shape index (κ3) is 1.06. The second-order valence-corrected chi connectivity index (χ2v) is 2.92. The lowest BCUT2D eigenvalue weighted by molar-refractivity contribution is 0.381. The SMILES string of the molecule is Oc1cncnc1C1CCC1. The van der Waals surface area contributed by atoms with Gasteiger partial charge >= 0.3 is 0 Å². The summed E-state index contributed by atoms with van der Waals surface area (Å²) in [6.45, 7) is 0. The second kappa shape index (κ2) is 2.49. The van der Waals surface area contributed by atoms with Crippen LogP contribution in [0.15, 0.2) is 12.5 Å². The topological polar surface area (TPSA) is 46.0 Å². The summed E-state index contributed by atoms with van der Waals surface area (Å²) in [7, 11) is 0. The molecule has 0 saturated heterocycles. The molecule has 0 aromatic carbocycles. The van der Waals surface area contributed by atoms with Gasteiger partial charge < -0.3 is 5.11 Å². The minimum atomic E-state index is 0.247. The second-order valence-electron chi connectivity index (χ2n) is 2.92. The lowest BCUT2D eigenvalue weighted by Crippen LogP contribution is -2.10. The zero-order chi connectivity index (χ0) is 7.68. The Labute approximate surface area is 65.1 Å². The minimum absolute atomic E-state index is 0.247. The highest BCUT2D eigenvalue weighted by Crippen LogP contribution is 2.38. The van der Waals surface area contributed by atoms with Crippen molar-refractivity contribution in [1.29, 1.82) is 0 Å². The largest absolute Gasteiger partial charge is 0.504 e. The average Bonchev–Trinajstić information content (AvgIpc) is 1.90. The first kappa shape index (κ1) is 6.58. The molecule has 0 amide bonds. The van der Waals surface area contributed by atoms with Crippen molar-refractivity contribution >= 4 is 0 Å². The van der Waals surface area contributed by atoms with Gasteiger partial charge in [0.2, 0.25) is 0 Å². The minimum Gasteiger partial charge on any atom is -0.504 e. The summed E-state index contributed by atoms with van der Waals surface area (Å²) < 4.78 is 0. The highest BCUT2D eigenvalue weighted by molar-refractivity contribution is 5.26. The summed E-state index contributed by atoms with van der Waals surface area (Å²) in [5.41, 5.74) is 0.825. The standard InChI is InChI=1S/C8H10N2O/c11-7-4-9-5-10-8(7)6-2-1-3-6/h4-6,11H,1-3H2. The molecule has 11 heavy (non-hydrogen) atoms. The van der Waals surface area contributed by atoms with Gasteiger partial charge in [-0.05, 0) is 12.8 Å². The maximum atomic E-state index is 9.32. The van der Waals surface area contributed by atoms with Crippen molar-refractivity contribution in [2.24, 2.45) is 0 Å². The molecule has 1 heterocycles. The molecule has 3 nitrogen and oxygen atoms in total. The summed E-state index contributed by atoms with van der Waals surface area (Å²) in [6, 6.07) is 0. The highest BCUT2D eigenvalue weighted by Gasteiger charge is 2.23. The van der Waals surface area contributed by atoms with E-state index in [1.807, 2.05) is 0 Å². The van der Waals surface area contributed by atoms with Gasteiger partial charge in [0.1, 0.15) is 6.33 Å². The van der Waals surface area contributed by atoms with Crippen LogP contribution >= 0.6 is 0 Å². The van der Waals surface area contributed by atoms with E-state index in [0.29, 0.717) is 5.92 Å². The first-order valence-electron chi connectivity index (χ1n) is 3.87. The van der Waals surface area contributed by atoms with Gasteiger partial charge in [-0.25, -0.2) is 9.97 Å². The quantitative estimate of drug-likeness (QED) is 0.659. The lowest BCUT2D eigenvalue weighted by Gasteiger charge is -2.24. The first-order chi connectivity index (χ1) is 5.38. The molecule has 0 aliphatic heterocycles. The molecule has 0 spiro atoms. The van der Waals surface area contributed by atoms with E-state index in [2.05, 4.69) is 9.97 Å². The Morgan fingerprint density at radius 2 is 2.27 bits per heavy atom. The van der Waals surface area contributed by atoms with Crippen molar-refractivity contribution in [3.8, 4) is 5.75 Å². The molecular weight excluding hydrogens is 140 g/mol. The molecule has 1 saturated carbocycles. The number of aromatic hydroxyl groups is 1. The van der Waals surface area contributed by atoms with E-state index in [1.165, 1.54) is 18.9 Å². The monoisotopic (exact) mass is 150 g/mol. The Hall–Kier alpha value is -1.12. The van der Waals surface area contributed by atoms with E-state index in [1.54, 1.807) is 0 Å². The lowest BCUT2D eigenvalue weighted by atomic mass is 9.82. The fraction of sp³-hybridized carbons (Fsp3) is 0.500. The Morgan fingerprint density at radius 1 is 1.45 bits per heavy atom. The zero-order valence-electron chi connectivity index (χ0n) is 6.20. The molecule has 0 bridgehead atoms. The molecule has 1 fully saturated rings. The summed E-state index contributed by atoms with van der Waals surface area (Å²) in [4.78, 5) is 7.76. The molecule has 0 radical (unpaired) electrons. The number of aromatic nitrogens is 2. The molecule has 58 valence electrons.